The van der Waals surface area contributed by atoms with Crippen molar-refractivity contribution in [2.24, 2.45) is 5.92 Å². The van der Waals surface area contributed by atoms with Crippen LogP contribution in [0.2, 0.25) is 0 Å². The fourth-order valence-electron chi connectivity index (χ4n) is 4.42. The lowest BCUT2D eigenvalue weighted by Crippen LogP contribution is -2.38. The average Bonchev–Trinajstić information content (AvgIpc) is 3.56. The average molecular weight is 544 g/mol. The van der Waals surface area contributed by atoms with Gasteiger partial charge < -0.3 is 14.2 Å². The van der Waals surface area contributed by atoms with Gasteiger partial charge in [0.2, 0.25) is 0 Å². The lowest BCUT2D eigenvalue weighted by Gasteiger charge is -2.33. The minimum atomic E-state index is -2.73. The van der Waals surface area contributed by atoms with Gasteiger partial charge in [-0.1, -0.05) is 42.5 Å². The third-order valence-electron chi connectivity index (χ3n) is 6.87. The van der Waals surface area contributed by atoms with Crippen molar-refractivity contribution < 1.29 is 18.4 Å². The molecule has 3 aromatic heterocycles. The predicted octanol–water partition coefficient (Wildman–Crippen LogP) is 6.68. The molecule has 11 heteroatoms. The standard InChI is InChI=1S/C26H33N5O4S2/c1-5-37(32,33)20-8-6-19(7-9-20)21-10-11-22-24(27-21)36-26(28-22)34-17(4)18-12-14-31(15-13-18)25-29-23(16(2)3)30-35-25/h6-11,16-18,32-33H,5,12-15H2,1-4H3. The van der Waals surface area contributed by atoms with E-state index in [2.05, 4.69) is 40.8 Å². The van der Waals surface area contributed by atoms with Gasteiger partial charge in [-0.3, -0.25) is 9.11 Å². The van der Waals surface area contributed by atoms with Gasteiger partial charge in [0, 0.05) is 30.3 Å². The molecule has 4 aromatic rings. The summed E-state index contributed by atoms with van der Waals surface area (Å²) >= 11 is 1.45. The number of hydrogen-bond acceptors (Lipinski definition) is 10. The number of hydrogen-bond donors (Lipinski definition) is 2. The van der Waals surface area contributed by atoms with E-state index in [1.807, 2.05) is 24.3 Å². The van der Waals surface area contributed by atoms with E-state index in [1.165, 1.54) is 11.3 Å². The molecule has 5 rings (SSSR count). The van der Waals surface area contributed by atoms with Gasteiger partial charge in [-0.25, -0.2) is 9.97 Å². The molecule has 0 aliphatic carbocycles. The molecule has 1 aliphatic heterocycles. The van der Waals surface area contributed by atoms with E-state index in [0.29, 0.717) is 27.8 Å². The van der Waals surface area contributed by atoms with Gasteiger partial charge in [0.15, 0.2) is 5.82 Å². The Hall–Kier alpha value is -2.73. The van der Waals surface area contributed by atoms with Crippen molar-refractivity contribution in [2.45, 2.75) is 57.5 Å². The van der Waals surface area contributed by atoms with Crippen molar-refractivity contribution in [1.29, 1.82) is 0 Å². The molecular formula is C26H33N5O4S2. The third kappa shape index (κ3) is 5.59. The molecule has 0 saturated carbocycles. The molecule has 1 unspecified atom stereocenters. The Morgan fingerprint density at radius 2 is 1.78 bits per heavy atom. The van der Waals surface area contributed by atoms with E-state index in [0.717, 1.165) is 53.4 Å². The number of nitrogens with zero attached hydrogens (tertiary/aromatic N) is 5. The first-order valence-corrected chi connectivity index (χ1v) is 15.2. The Labute approximate surface area is 222 Å². The molecule has 4 heterocycles. The molecule has 198 valence electrons. The van der Waals surface area contributed by atoms with Crippen molar-refractivity contribution in [2.75, 3.05) is 23.7 Å². The molecule has 1 fully saturated rings. The molecule has 1 atom stereocenters. The van der Waals surface area contributed by atoms with Gasteiger partial charge >= 0.3 is 6.01 Å². The molecule has 0 radical (unpaired) electrons. The Morgan fingerprint density at radius 1 is 1.05 bits per heavy atom. The zero-order valence-electron chi connectivity index (χ0n) is 21.5. The maximum Gasteiger partial charge on any atom is 0.324 e. The summed E-state index contributed by atoms with van der Waals surface area (Å²) in [5, 5.41) is 4.70. The zero-order chi connectivity index (χ0) is 26.2. The molecule has 1 saturated heterocycles. The second-order valence-corrected chi connectivity index (χ2v) is 13.0. The van der Waals surface area contributed by atoms with Crippen LogP contribution in [0.25, 0.3) is 21.6 Å². The first kappa shape index (κ1) is 25.9. The fraction of sp³-hybridized carbons (Fsp3) is 0.462. The van der Waals surface area contributed by atoms with Crippen molar-refractivity contribution in [1.82, 2.24) is 20.1 Å². The Bertz CT molecular complexity index is 1350. The summed E-state index contributed by atoms with van der Waals surface area (Å²) in [4.78, 5) is 17.5. The van der Waals surface area contributed by atoms with Gasteiger partial charge in [-0.15, -0.1) is 0 Å². The predicted molar refractivity (Wildman–Crippen MR) is 148 cm³/mol. The first-order chi connectivity index (χ1) is 17.7. The van der Waals surface area contributed by atoms with Gasteiger partial charge in [-0.2, -0.15) is 15.6 Å². The highest BCUT2D eigenvalue weighted by Crippen LogP contribution is 2.47. The molecule has 1 aromatic carbocycles. The zero-order valence-corrected chi connectivity index (χ0v) is 23.1. The fourth-order valence-corrected chi connectivity index (χ4v) is 6.20. The maximum atomic E-state index is 10.1. The van der Waals surface area contributed by atoms with E-state index in [-0.39, 0.29) is 12.0 Å². The summed E-state index contributed by atoms with van der Waals surface area (Å²) in [7, 11) is -2.73. The lowest BCUT2D eigenvalue weighted by atomic mass is 9.92. The topological polar surface area (TPSA) is 118 Å². The number of piperidine rings is 1. The third-order valence-corrected chi connectivity index (χ3v) is 9.56. The molecular weight excluding hydrogens is 510 g/mol. The summed E-state index contributed by atoms with van der Waals surface area (Å²) in [6.07, 6.45) is 1.99. The van der Waals surface area contributed by atoms with E-state index in [4.69, 9.17) is 14.2 Å². The van der Waals surface area contributed by atoms with Crippen LogP contribution in [-0.4, -0.2) is 54.2 Å². The molecule has 2 N–H and O–H groups in total. The smallest absolute Gasteiger partial charge is 0.324 e. The molecule has 0 spiro atoms. The van der Waals surface area contributed by atoms with Crippen LogP contribution in [0.15, 0.2) is 45.8 Å². The van der Waals surface area contributed by atoms with Crippen LogP contribution < -0.4 is 9.64 Å². The van der Waals surface area contributed by atoms with Crippen LogP contribution in [0.1, 0.15) is 52.3 Å². The normalized spacial score (nSPS) is 16.5. The SMILES string of the molecule is CCS(O)(O)c1ccc(-c2ccc3nc(OC(C)C4CCN(c5nc(C(C)C)no5)CC4)sc3n2)cc1. The number of pyridine rings is 1. The molecule has 9 nitrogen and oxygen atoms in total. The summed E-state index contributed by atoms with van der Waals surface area (Å²) < 4.78 is 32.0. The van der Waals surface area contributed by atoms with Crippen LogP contribution in [0.3, 0.4) is 0 Å². The number of aromatic nitrogens is 4. The number of rotatable bonds is 8. The highest BCUT2D eigenvalue weighted by Gasteiger charge is 2.28. The van der Waals surface area contributed by atoms with Crippen molar-refractivity contribution >= 4 is 38.3 Å². The molecule has 0 amide bonds. The second kappa shape index (κ2) is 10.6. The summed E-state index contributed by atoms with van der Waals surface area (Å²) in [5.41, 5.74) is 2.53. The minimum absolute atomic E-state index is 0.0296. The first-order valence-electron chi connectivity index (χ1n) is 12.6. The Morgan fingerprint density at radius 3 is 2.43 bits per heavy atom. The summed E-state index contributed by atoms with van der Waals surface area (Å²) in [5.74, 6) is 1.70. The maximum absolute atomic E-state index is 10.1. The van der Waals surface area contributed by atoms with E-state index >= 15 is 0 Å². The van der Waals surface area contributed by atoms with Gasteiger partial charge in [0.05, 0.1) is 10.6 Å². The van der Waals surface area contributed by atoms with E-state index in [9.17, 15) is 9.11 Å². The highest BCUT2D eigenvalue weighted by molar-refractivity contribution is 8.24. The van der Waals surface area contributed by atoms with E-state index < -0.39 is 10.6 Å². The number of anilines is 1. The molecule has 37 heavy (non-hydrogen) atoms. The Kier molecular flexibility index (Phi) is 7.39. The van der Waals surface area contributed by atoms with Crippen LogP contribution in [0, 0.1) is 5.92 Å². The number of thiazole rings is 1. The van der Waals surface area contributed by atoms with Crippen LogP contribution in [0.5, 0.6) is 5.19 Å². The quantitative estimate of drug-likeness (QED) is 0.251. The number of benzene rings is 1. The molecule has 1 aliphatic rings. The summed E-state index contributed by atoms with van der Waals surface area (Å²) in [6, 6.07) is 11.8. The van der Waals surface area contributed by atoms with Crippen molar-refractivity contribution in [3.05, 3.63) is 42.2 Å². The number of ether oxygens (including phenoxy) is 1. The largest absolute Gasteiger partial charge is 0.467 e. The molecule has 0 bridgehead atoms. The Balaban J connectivity index is 1.22. The van der Waals surface area contributed by atoms with Gasteiger partial charge in [0.1, 0.15) is 16.5 Å². The van der Waals surface area contributed by atoms with Crippen molar-refractivity contribution in [3.8, 4) is 16.5 Å². The minimum Gasteiger partial charge on any atom is -0.467 e. The highest BCUT2D eigenvalue weighted by atomic mass is 32.3. The van der Waals surface area contributed by atoms with Crippen molar-refractivity contribution in [3.63, 3.8) is 0 Å². The van der Waals surface area contributed by atoms with Crippen LogP contribution in [-0.2, 0) is 0 Å². The summed E-state index contributed by atoms with van der Waals surface area (Å²) in [6.45, 7) is 9.70. The van der Waals surface area contributed by atoms with Crippen LogP contribution >= 0.6 is 21.9 Å². The second-order valence-electron chi connectivity index (χ2n) is 9.72. The lowest BCUT2D eigenvalue weighted by molar-refractivity contribution is 0.131. The van der Waals surface area contributed by atoms with Gasteiger partial charge in [-0.05, 0) is 56.9 Å². The van der Waals surface area contributed by atoms with Gasteiger partial charge in [0.25, 0.3) is 5.19 Å². The van der Waals surface area contributed by atoms with E-state index in [1.54, 1.807) is 19.1 Å². The van der Waals surface area contributed by atoms with Crippen LogP contribution in [0.4, 0.5) is 6.01 Å². The number of fused-ring (bicyclic) bond motifs is 1. The monoisotopic (exact) mass is 543 g/mol.